The molecule has 2 amide bonds. The summed E-state index contributed by atoms with van der Waals surface area (Å²) >= 11 is 0. The van der Waals surface area contributed by atoms with Crippen LogP contribution in [0.25, 0.3) is 0 Å². The van der Waals surface area contributed by atoms with Crippen LogP contribution in [0.1, 0.15) is 47.9 Å². The molecule has 8 heteroatoms. The molecule has 0 saturated heterocycles. The molecule has 2 atom stereocenters. The summed E-state index contributed by atoms with van der Waals surface area (Å²) in [5.74, 6) is -1.52. The van der Waals surface area contributed by atoms with E-state index in [0.717, 1.165) is 0 Å². The van der Waals surface area contributed by atoms with Crippen molar-refractivity contribution in [3.05, 3.63) is 84.4 Å². The number of esters is 2. The average molecular weight is 471 g/mol. The number of hydrogen-bond acceptors (Lipinski definition) is 6. The summed E-state index contributed by atoms with van der Waals surface area (Å²) < 4.78 is 9.10. The first-order valence-corrected chi connectivity index (χ1v) is 10.8. The second-order valence-electron chi connectivity index (χ2n) is 6.52. The molecule has 8 nitrogen and oxygen atoms in total. The maximum Gasteiger partial charge on any atom is 0.328 e. The van der Waals surface area contributed by atoms with Gasteiger partial charge in [0.05, 0.1) is 14.2 Å². The van der Waals surface area contributed by atoms with Crippen LogP contribution < -0.4 is 10.6 Å². The van der Waals surface area contributed by atoms with Crippen LogP contribution in [-0.4, -0.2) is 50.1 Å². The monoisotopic (exact) mass is 470 g/mol. The number of carbonyl (C=O) groups is 4. The fraction of sp³-hybridized carbons (Fsp3) is 0.308. The van der Waals surface area contributed by atoms with Gasteiger partial charge in [-0.3, -0.25) is 9.59 Å². The molecule has 0 aromatic heterocycles. The SMILES string of the molecule is C=CCC(NC(=O)c1ccccc1)C(=O)OC.CC.COC(=O)C(C)NC(=O)c1ccccc1. The van der Waals surface area contributed by atoms with E-state index in [4.69, 9.17) is 0 Å². The third-order valence-corrected chi connectivity index (χ3v) is 4.17. The molecule has 0 aliphatic heterocycles. The Balaban J connectivity index is 0.000000601. The van der Waals surface area contributed by atoms with E-state index in [-0.39, 0.29) is 11.8 Å². The van der Waals surface area contributed by atoms with Gasteiger partial charge in [0.1, 0.15) is 12.1 Å². The lowest BCUT2D eigenvalue weighted by atomic mass is 10.1. The van der Waals surface area contributed by atoms with Crippen molar-refractivity contribution in [2.24, 2.45) is 0 Å². The van der Waals surface area contributed by atoms with Crippen LogP contribution in [0.4, 0.5) is 0 Å². The van der Waals surface area contributed by atoms with Gasteiger partial charge < -0.3 is 20.1 Å². The molecule has 2 rings (SSSR count). The number of hydrogen-bond donors (Lipinski definition) is 2. The van der Waals surface area contributed by atoms with Crippen LogP contribution in [0, 0.1) is 0 Å². The minimum atomic E-state index is -0.690. The zero-order chi connectivity index (χ0) is 25.9. The lowest BCUT2D eigenvalue weighted by Crippen LogP contribution is -2.41. The highest BCUT2D eigenvalue weighted by molar-refractivity contribution is 5.97. The van der Waals surface area contributed by atoms with Crippen molar-refractivity contribution in [3.63, 3.8) is 0 Å². The van der Waals surface area contributed by atoms with Gasteiger partial charge in [0.25, 0.3) is 11.8 Å². The van der Waals surface area contributed by atoms with Crippen molar-refractivity contribution in [1.82, 2.24) is 10.6 Å². The smallest absolute Gasteiger partial charge is 0.328 e. The van der Waals surface area contributed by atoms with E-state index >= 15 is 0 Å². The zero-order valence-corrected chi connectivity index (χ0v) is 20.4. The van der Waals surface area contributed by atoms with Gasteiger partial charge in [0.15, 0.2) is 0 Å². The highest BCUT2D eigenvalue weighted by Gasteiger charge is 2.20. The number of methoxy groups -OCH3 is 2. The van der Waals surface area contributed by atoms with Crippen LogP contribution in [0.5, 0.6) is 0 Å². The number of amides is 2. The van der Waals surface area contributed by atoms with Gasteiger partial charge in [-0.25, -0.2) is 9.59 Å². The van der Waals surface area contributed by atoms with Crippen molar-refractivity contribution >= 4 is 23.8 Å². The molecular weight excluding hydrogens is 436 g/mol. The molecule has 0 fully saturated rings. The molecule has 0 radical (unpaired) electrons. The molecule has 184 valence electrons. The molecule has 0 bridgehead atoms. The van der Waals surface area contributed by atoms with Gasteiger partial charge in [-0.1, -0.05) is 56.3 Å². The molecule has 0 aliphatic carbocycles. The third kappa shape index (κ3) is 11.1. The number of carbonyl (C=O) groups excluding carboxylic acids is 4. The normalized spacial score (nSPS) is 11.0. The molecule has 0 heterocycles. The summed E-state index contributed by atoms with van der Waals surface area (Å²) in [4.78, 5) is 45.8. The maximum atomic E-state index is 11.8. The number of ether oxygens (including phenoxy) is 2. The van der Waals surface area contributed by atoms with Gasteiger partial charge >= 0.3 is 11.9 Å². The zero-order valence-electron chi connectivity index (χ0n) is 20.4. The van der Waals surface area contributed by atoms with E-state index in [1.54, 1.807) is 61.5 Å². The van der Waals surface area contributed by atoms with E-state index in [1.807, 2.05) is 26.0 Å². The number of nitrogens with one attached hydrogen (secondary N) is 2. The van der Waals surface area contributed by atoms with Crippen LogP contribution in [0.3, 0.4) is 0 Å². The molecular formula is C26H34N2O6. The Morgan fingerprint density at radius 1 is 0.794 bits per heavy atom. The lowest BCUT2D eigenvalue weighted by Gasteiger charge is -2.14. The molecule has 2 aromatic rings. The van der Waals surface area contributed by atoms with Gasteiger partial charge in [-0.15, -0.1) is 6.58 Å². The quantitative estimate of drug-likeness (QED) is 0.451. The molecule has 0 aliphatic rings. The fourth-order valence-corrected chi connectivity index (χ4v) is 2.46. The van der Waals surface area contributed by atoms with E-state index in [2.05, 4.69) is 26.7 Å². The summed E-state index contributed by atoms with van der Waals surface area (Å²) in [7, 11) is 2.57. The van der Waals surface area contributed by atoms with Gasteiger partial charge in [0, 0.05) is 11.1 Å². The summed E-state index contributed by atoms with van der Waals surface area (Å²) in [6.07, 6.45) is 1.90. The van der Waals surface area contributed by atoms with E-state index in [0.29, 0.717) is 17.5 Å². The van der Waals surface area contributed by atoms with E-state index < -0.39 is 24.0 Å². The molecule has 2 N–H and O–H groups in total. The number of benzene rings is 2. The Labute approximate surface area is 201 Å². The molecule has 34 heavy (non-hydrogen) atoms. The predicted octanol–water partition coefficient (Wildman–Crippen LogP) is 3.54. The van der Waals surface area contributed by atoms with Gasteiger partial charge in [0.2, 0.25) is 0 Å². The highest BCUT2D eigenvalue weighted by atomic mass is 16.5. The van der Waals surface area contributed by atoms with Crippen LogP contribution in [-0.2, 0) is 19.1 Å². The Bertz CT molecular complexity index is 900. The van der Waals surface area contributed by atoms with E-state index in [9.17, 15) is 19.2 Å². The van der Waals surface area contributed by atoms with Crippen LogP contribution in [0.15, 0.2) is 73.3 Å². The van der Waals surface area contributed by atoms with Gasteiger partial charge in [-0.05, 0) is 37.6 Å². The number of rotatable bonds is 8. The summed E-state index contributed by atoms with van der Waals surface area (Å²) in [5.41, 5.74) is 1.03. The Morgan fingerprint density at radius 2 is 1.21 bits per heavy atom. The largest absolute Gasteiger partial charge is 0.467 e. The summed E-state index contributed by atoms with van der Waals surface area (Å²) in [6, 6.07) is 16.1. The minimum Gasteiger partial charge on any atom is -0.467 e. The second kappa shape index (κ2) is 17.6. The first-order valence-electron chi connectivity index (χ1n) is 10.8. The first kappa shape index (κ1) is 30.1. The Kier molecular flexibility index (Phi) is 15.6. The van der Waals surface area contributed by atoms with Crippen molar-refractivity contribution in [2.75, 3.05) is 14.2 Å². The third-order valence-electron chi connectivity index (χ3n) is 4.17. The second-order valence-corrected chi connectivity index (χ2v) is 6.52. The van der Waals surface area contributed by atoms with Crippen molar-refractivity contribution in [2.45, 2.75) is 39.3 Å². The fourth-order valence-electron chi connectivity index (χ4n) is 2.46. The topological polar surface area (TPSA) is 111 Å². The standard InChI is InChI=1S/C13H15NO3.C11H13NO3.C2H6/c1-3-7-11(13(16)17-2)14-12(15)10-8-5-4-6-9-10;1-8(11(14)15-2)12-10(13)9-6-4-3-5-7-9;1-2/h3-6,8-9,11H,1,7H2,2H3,(H,14,15);3-8H,1-2H3,(H,12,13);1-2H3. The van der Waals surface area contributed by atoms with Crippen LogP contribution in [0.2, 0.25) is 0 Å². The molecule has 0 saturated carbocycles. The Morgan fingerprint density at radius 3 is 1.59 bits per heavy atom. The first-order chi connectivity index (χ1) is 16.3. The molecule has 0 spiro atoms. The molecule has 2 unspecified atom stereocenters. The minimum absolute atomic E-state index is 0.284. The predicted molar refractivity (Wildman–Crippen MR) is 131 cm³/mol. The van der Waals surface area contributed by atoms with Crippen molar-refractivity contribution in [1.29, 1.82) is 0 Å². The average Bonchev–Trinajstić information content (AvgIpc) is 2.89. The Hall–Kier alpha value is -3.94. The lowest BCUT2D eigenvalue weighted by molar-refractivity contribution is -0.143. The maximum absolute atomic E-state index is 11.8. The van der Waals surface area contributed by atoms with Gasteiger partial charge in [-0.2, -0.15) is 0 Å². The molecule has 2 aromatic carbocycles. The van der Waals surface area contributed by atoms with Crippen molar-refractivity contribution < 1.29 is 28.7 Å². The van der Waals surface area contributed by atoms with Crippen molar-refractivity contribution in [3.8, 4) is 0 Å². The van der Waals surface area contributed by atoms with Crippen LogP contribution >= 0.6 is 0 Å². The summed E-state index contributed by atoms with van der Waals surface area (Å²) in [6.45, 7) is 9.11. The highest BCUT2D eigenvalue weighted by Crippen LogP contribution is 2.02. The van der Waals surface area contributed by atoms with E-state index in [1.165, 1.54) is 14.2 Å². The summed E-state index contributed by atoms with van der Waals surface area (Å²) in [5, 5.41) is 5.13.